The summed E-state index contributed by atoms with van der Waals surface area (Å²) in [5, 5.41) is 7.20. The molecule has 1 fully saturated rings. The third kappa shape index (κ3) is 7.89. The lowest BCUT2D eigenvalue weighted by atomic mass is 9.95. The summed E-state index contributed by atoms with van der Waals surface area (Å²) in [6.07, 6.45) is 5.21. The number of para-hydroxylation sites is 1. The minimum atomic E-state index is -0.698. The highest BCUT2D eigenvalue weighted by Gasteiger charge is 2.25. The van der Waals surface area contributed by atoms with Crippen molar-refractivity contribution in [3.8, 4) is 5.75 Å². The van der Waals surface area contributed by atoms with E-state index in [1.54, 1.807) is 7.05 Å². The lowest BCUT2D eigenvalue weighted by molar-refractivity contribution is 0.307. The van der Waals surface area contributed by atoms with Gasteiger partial charge in [-0.25, -0.2) is 0 Å². The number of nitrogens with one attached hydrogen (secondary N) is 2. The van der Waals surface area contributed by atoms with Gasteiger partial charge >= 0.3 is 0 Å². The van der Waals surface area contributed by atoms with Gasteiger partial charge in [0.05, 0.1) is 6.61 Å². The molecule has 7 heteroatoms. The van der Waals surface area contributed by atoms with Crippen LogP contribution in [0.1, 0.15) is 50.2 Å². The minimum Gasteiger partial charge on any atom is -0.493 e. The number of aryl methyl sites for hydroxylation is 2. The Balaban J connectivity index is 0.00000392. The summed E-state index contributed by atoms with van der Waals surface area (Å²) >= 11 is 0. The van der Waals surface area contributed by atoms with E-state index < -0.39 is 10.8 Å². The van der Waals surface area contributed by atoms with Crippen LogP contribution >= 0.6 is 24.0 Å². The standard InChI is InChI=1S/C21H35N3O2S.HI/c1-5-27(25)19-12-7-11-18(15-19)24-21(22-4)23-13-8-14-26-20-16(2)9-6-10-17(20)3;/h6,9-10,18-19H,5,7-8,11-15H2,1-4H3,(H2,22,23,24);1H. The lowest BCUT2D eigenvalue weighted by Crippen LogP contribution is -2.47. The molecule has 0 aromatic heterocycles. The fourth-order valence-electron chi connectivity index (χ4n) is 3.62. The molecule has 1 saturated carbocycles. The monoisotopic (exact) mass is 521 g/mol. The molecule has 0 radical (unpaired) electrons. The zero-order valence-corrected chi connectivity index (χ0v) is 20.8. The molecular formula is C21H36IN3O2S. The van der Waals surface area contributed by atoms with E-state index in [0.29, 0.717) is 17.9 Å². The summed E-state index contributed by atoms with van der Waals surface area (Å²) < 4.78 is 18.1. The summed E-state index contributed by atoms with van der Waals surface area (Å²) in [4.78, 5) is 4.33. The first-order valence-corrected chi connectivity index (χ1v) is 11.5. The highest BCUT2D eigenvalue weighted by Crippen LogP contribution is 2.23. The molecule has 28 heavy (non-hydrogen) atoms. The van der Waals surface area contributed by atoms with Crippen LogP contribution in [0.3, 0.4) is 0 Å². The van der Waals surface area contributed by atoms with Crippen LogP contribution in [0.4, 0.5) is 0 Å². The second kappa shape index (κ2) is 13.4. The lowest BCUT2D eigenvalue weighted by Gasteiger charge is -2.30. The third-order valence-electron chi connectivity index (χ3n) is 5.12. The van der Waals surface area contributed by atoms with Gasteiger partial charge < -0.3 is 15.4 Å². The molecule has 0 saturated heterocycles. The van der Waals surface area contributed by atoms with Crippen molar-refractivity contribution in [2.24, 2.45) is 4.99 Å². The van der Waals surface area contributed by atoms with Crippen molar-refractivity contribution >= 4 is 40.7 Å². The molecule has 3 unspecified atom stereocenters. The van der Waals surface area contributed by atoms with Crippen LogP contribution in [0, 0.1) is 13.8 Å². The average molecular weight is 522 g/mol. The molecule has 0 amide bonds. The summed E-state index contributed by atoms with van der Waals surface area (Å²) in [5.74, 6) is 2.58. The van der Waals surface area contributed by atoms with Crippen molar-refractivity contribution in [3.05, 3.63) is 29.3 Å². The highest BCUT2D eigenvalue weighted by molar-refractivity contribution is 14.0. The number of benzene rings is 1. The van der Waals surface area contributed by atoms with E-state index in [9.17, 15) is 4.21 Å². The van der Waals surface area contributed by atoms with Crippen molar-refractivity contribution in [1.82, 2.24) is 10.6 Å². The Morgan fingerprint density at radius 2 is 2.00 bits per heavy atom. The predicted octanol–water partition coefficient (Wildman–Crippen LogP) is 3.94. The number of nitrogens with zero attached hydrogens (tertiary/aromatic N) is 1. The highest BCUT2D eigenvalue weighted by atomic mass is 127. The van der Waals surface area contributed by atoms with Gasteiger partial charge in [-0.15, -0.1) is 24.0 Å². The molecule has 0 spiro atoms. The van der Waals surface area contributed by atoms with Gasteiger partial charge in [0.25, 0.3) is 0 Å². The predicted molar refractivity (Wildman–Crippen MR) is 131 cm³/mol. The van der Waals surface area contributed by atoms with Crippen LogP contribution < -0.4 is 15.4 Å². The summed E-state index contributed by atoms with van der Waals surface area (Å²) in [5.41, 5.74) is 2.36. The van der Waals surface area contributed by atoms with Crippen LogP contribution in [-0.2, 0) is 10.8 Å². The molecule has 1 aromatic rings. The van der Waals surface area contributed by atoms with Crippen LogP contribution in [0.2, 0.25) is 0 Å². The Bertz CT molecular complexity index is 634. The van der Waals surface area contributed by atoms with Gasteiger partial charge in [-0.2, -0.15) is 0 Å². The number of ether oxygens (including phenoxy) is 1. The van der Waals surface area contributed by atoms with Crippen molar-refractivity contribution in [2.45, 2.75) is 64.2 Å². The smallest absolute Gasteiger partial charge is 0.191 e. The van der Waals surface area contributed by atoms with Gasteiger partial charge in [-0.3, -0.25) is 9.20 Å². The molecule has 160 valence electrons. The van der Waals surface area contributed by atoms with Crippen LogP contribution in [-0.4, -0.2) is 47.4 Å². The van der Waals surface area contributed by atoms with E-state index in [1.165, 1.54) is 11.1 Å². The molecule has 2 rings (SSSR count). The first-order chi connectivity index (χ1) is 13.0. The molecular weight excluding hydrogens is 485 g/mol. The van der Waals surface area contributed by atoms with E-state index in [4.69, 9.17) is 4.74 Å². The van der Waals surface area contributed by atoms with Gasteiger partial charge in [0.1, 0.15) is 5.75 Å². The molecule has 0 bridgehead atoms. The van der Waals surface area contributed by atoms with Crippen LogP contribution in [0.25, 0.3) is 0 Å². The summed E-state index contributed by atoms with van der Waals surface area (Å²) in [6, 6.07) is 6.57. The molecule has 2 N–H and O–H groups in total. The number of rotatable bonds is 8. The number of aliphatic imine (C=N–C) groups is 1. The largest absolute Gasteiger partial charge is 0.493 e. The topological polar surface area (TPSA) is 62.7 Å². The van der Waals surface area contributed by atoms with Gasteiger partial charge in [-0.1, -0.05) is 31.5 Å². The molecule has 0 aliphatic heterocycles. The SMILES string of the molecule is CCS(=O)C1CCCC(NC(=NC)NCCCOc2c(C)cccc2C)C1.I. The first-order valence-electron chi connectivity index (χ1n) is 10.1. The average Bonchev–Trinajstić information content (AvgIpc) is 2.68. The third-order valence-corrected chi connectivity index (χ3v) is 6.86. The fraction of sp³-hybridized carbons (Fsp3) is 0.667. The summed E-state index contributed by atoms with van der Waals surface area (Å²) in [7, 11) is 1.10. The van der Waals surface area contributed by atoms with Gasteiger partial charge in [0.15, 0.2) is 5.96 Å². The molecule has 1 aliphatic rings. The zero-order chi connectivity index (χ0) is 19.6. The van der Waals surface area contributed by atoms with Gasteiger partial charge in [0, 0.05) is 41.4 Å². The van der Waals surface area contributed by atoms with E-state index in [2.05, 4.69) is 47.7 Å². The molecule has 1 aliphatic carbocycles. The number of hydrogen-bond acceptors (Lipinski definition) is 3. The van der Waals surface area contributed by atoms with E-state index in [0.717, 1.165) is 56.1 Å². The second-order valence-corrected chi connectivity index (χ2v) is 9.23. The van der Waals surface area contributed by atoms with E-state index in [-0.39, 0.29) is 24.0 Å². The Morgan fingerprint density at radius 3 is 2.64 bits per heavy atom. The Hall–Kier alpha value is -0.830. The molecule has 1 aromatic carbocycles. The van der Waals surface area contributed by atoms with Gasteiger partial charge in [-0.05, 0) is 50.7 Å². The Morgan fingerprint density at radius 1 is 1.29 bits per heavy atom. The Kier molecular flexibility index (Phi) is 12.1. The van der Waals surface area contributed by atoms with Crippen molar-refractivity contribution in [1.29, 1.82) is 0 Å². The van der Waals surface area contributed by atoms with E-state index in [1.807, 2.05) is 6.92 Å². The maximum atomic E-state index is 12.1. The fourth-order valence-corrected chi connectivity index (χ4v) is 4.97. The molecule has 0 heterocycles. The van der Waals surface area contributed by atoms with Crippen LogP contribution in [0.15, 0.2) is 23.2 Å². The maximum absolute atomic E-state index is 12.1. The van der Waals surface area contributed by atoms with Crippen molar-refractivity contribution in [3.63, 3.8) is 0 Å². The van der Waals surface area contributed by atoms with Crippen molar-refractivity contribution in [2.75, 3.05) is 26.0 Å². The number of guanidine groups is 1. The molecule has 5 nitrogen and oxygen atoms in total. The van der Waals surface area contributed by atoms with Gasteiger partial charge in [0.2, 0.25) is 0 Å². The quantitative estimate of drug-likeness (QED) is 0.236. The zero-order valence-electron chi connectivity index (χ0n) is 17.6. The normalized spacial score (nSPS) is 20.8. The van der Waals surface area contributed by atoms with E-state index >= 15 is 0 Å². The number of halogens is 1. The Labute approximate surface area is 190 Å². The molecule has 3 atom stereocenters. The van der Waals surface area contributed by atoms with Crippen molar-refractivity contribution < 1.29 is 8.95 Å². The second-order valence-electron chi connectivity index (χ2n) is 7.22. The van der Waals surface area contributed by atoms with Crippen LogP contribution in [0.5, 0.6) is 5.75 Å². The summed E-state index contributed by atoms with van der Waals surface area (Å²) in [6.45, 7) is 7.65. The number of hydrogen-bond donors (Lipinski definition) is 2. The minimum absolute atomic E-state index is 0. The first kappa shape index (κ1) is 25.2. The maximum Gasteiger partial charge on any atom is 0.191 e.